The molecule has 0 aliphatic carbocycles. The zero-order chi connectivity index (χ0) is 13.8. The number of nitrogens with one attached hydrogen (secondary N) is 2. The average molecular weight is 252 g/mol. The molecule has 0 aliphatic heterocycles. The number of rotatable bonds is 4. The molecule has 0 radical (unpaired) electrons. The van der Waals surface area contributed by atoms with Crippen molar-refractivity contribution in [2.45, 2.75) is 13.8 Å². The highest BCUT2D eigenvalue weighted by Crippen LogP contribution is 2.13. The molecule has 1 rings (SSSR count). The van der Waals surface area contributed by atoms with Crippen LogP contribution in [0.1, 0.15) is 24.2 Å². The predicted octanol–water partition coefficient (Wildman–Crippen LogP) is -0.123. The van der Waals surface area contributed by atoms with E-state index in [4.69, 9.17) is 10.9 Å². The maximum absolute atomic E-state index is 11.7. The topological polar surface area (TPSA) is 121 Å². The van der Waals surface area contributed by atoms with Gasteiger partial charge in [-0.15, -0.1) is 0 Å². The molecule has 0 aliphatic rings. The first-order chi connectivity index (χ1) is 8.36. The Morgan fingerprint density at radius 2 is 2.22 bits per heavy atom. The molecule has 0 saturated heterocycles. The third-order valence-electron chi connectivity index (χ3n) is 2.54. The summed E-state index contributed by atoms with van der Waals surface area (Å²) in [5.74, 6) is -0.311. The van der Waals surface area contributed by atoms with Crippen LogP contribution in [-0.4, -0.2) is 28.5 Å². The van der Waals surface area contributed by atoms with Gasteiger partial charge in [0.1, 0.15) is 5.84 Å². The van der Waals surface area contributed by atoms with Crippen molar-refractivity contribution < 1.29 is 10.0 Å². The lowest BCUT2D eigenvalue weighted by molar-refractivity contribution is 0.0944. The van der Waals surface area contributed by atoms with Crippen molar-refractivity contribution >= 4 is 11.7 Å². The van der Waals surface area contributed by atoms with Crippen LogP contribution in [0.3, 0.4) is 0 Å². The van der Waals surface area contributed by atoms with E-state index in [0.29, 0.717) is 5.56 Å². The summed E-state index contributed by atoms with van der Waals surface area (Å²) in [6.07, 6.45) is 1.33. The SMILES string of the molecule is CC(C)(CNC(=O)c1ccc(=O)[nH]c1)/C(N)=N/O. The van der Waals surface area contributed by atoms with Gasteiger partial charge in [-0.25, -0.2) is 0 Å². The fourth-order valence-electron chi connectivity index (χ4n) is 1.18. The van der Waals surface area contributed by atoms with Gasteiger partial charge in [-0.1, -0.05) is 19.0 Å². The van der Waals surface area contributed by atoms with E-state index < -0.39 is 5.41 Å². The van der Waals surface area contributed by atoms with E-state index >= 15 is 0 Å². The first-order valence-corrected chi connectivity index (χ1v) is 5.32. The summed E-state index contributed by atoms with van der Waals surface area (Å²) in [6, 6.07) is 2.69. The highest BCUT2D eigenvalue weighted by molar-refractivity contribution is 5.94. The van der Waals surface area contributed by atoms with Gasteiger partial charge in [0.25, 0.3) is 5.91 Å². The van der Waals surface area contributed by atoms with Crippen molar-refractivity contribution in [1.82, 2.24) is 10.3 Å². The van der Waals surface area contributed by atoms with Crippen molar-refractivity contribution in [2.24, 2.45) is 16.3 Å². The first kappa shape index (κ1) is 13.8. The molecule has 0 spiro atoms. The van der Waals surface area contributed by atoms with Crippen LogP contribution in [0.15, 0.2) is 28.3 Å². The number of aromatic nitrogens is 1. The van der Waals surface area contributed by atoms with Gasteiger partial charge in [0.2, 0.25) is 5.56 Å². The molecule has 0 atom stereocenters. The van der Waals surface area contributed by atoms with Gasteiger partial charge >= 0.3 is 0 Å². The third-order valence-corrected chi connectivity index (χ3v) is 2.54. The molecular formula is C11H16N4O3. The van der Waals surface area contributed by atoms with Crippen LogP contribution in [0.5, 0.6) is 0 Å². The van der Waals surface area contributed by atoms with Crippen LogP contribution in [0.4, 0.5) is 0 Å². The van der Waals surface area contributed by atoms with Crippen LogP contribution in [0.2, 0.25) is 0 Å². The Bertz CT molecular complexity index is 499. The lowest BCUT2D eigenvalue weighted by atomic mass is 9.92. The van der Waals surface area contributed by atoms with Crippen LogP contribution >= 0.6 is 0 Å². The minimum atomic E-state index is -0.660. The van der Waals surface area contributed by atoms with Crippen LogP contribution < -0.4 is 16.6 Å². The molecule has 98 valence electrons. The van der Waals surface area contributed by atoms with Gasteiger partial charge in [0, 0.05) is 24.2 Å². The lowest BCUT2D eigenvalue weighted by Gasteiger charge is -2.23. The number of carbonyl (C=O) groups is 1. The molecule has 1 amide bonds. The summed E-state index contributed by atoms with van der Waals surface area (Å²) < 4.78 is 0. The number of nitrogens with two attached hydrogens (primary N) is 1. The molecule has 0 fully saturated rings. The third kappa shape index (κ3) is 3.34. The number of carbonyl (C=O) groups excluding carboxylic acids is 1. The lowest BCUT2D eigenvalue weighted by Crippen LogP contribution is -2.42. The maximum atomic E-state index is 11.7. The summed E-state index contributed by atoms with van der Waals surface area (Å²) in [5, 5.41) is 14.2. The Morgan fingerprint density at radius 3 is 2.72 bits per heavy atom. The summed E-state index contributed by atoms with van der Waals surface area (Å²) in [5.41, 5.74) is 4.90. The molecule has 0 saturated carbocycles. The van der Waals surface area contributed by atoms with Gasteiger partial charge in [0.15, 0.2) is 0 Å². The Labute approximate surface area is 104 Å². The number of H-pyrrole nitrogens is 1. The van der Waals surface area contributed by atoms with Crippen molar-refractivity contribution in [3.05, 3.63) is 34.2 Å². The number of aromatic amines is 1. The second kappa shape index (κ2) is 5.35. The van der Waals surface area contributed by atoms with E-state index in [9.17, 15) is 9.59 Å². The van der Waals surface area contributed by atoms with E-state index in [0.717, 1.165) is 0 Å². The zero-order valence-electron chi connectivity index (χ0n) is 10.2. The number of amidine groups is 1. The molecule has 1 aromatic rings. The number of hydrogen-bond acceptors (Lipinski definition) is 4. The summed E-state index contributed by atoms with van der Waals surface area (Å²) in [7, 11) is 0. The van der Waals surface area contributed by atoms with E-state index in [-0.39, 0.29) is 23.8 Å². The largest absolute Gasteiger partial charge is 0.409 e. The minimum Gasteiger partial charge on any atom is -0.409 e. The number of amides is 1. The maximum Gasteiger partial charge on any atom is 0.252 e. The average Bonchev–Trinajstić information content (AvgIpc) is 2.35. The minimum absolute atomic E-state index is 0.0317. The second-order valence-corrected chi connectivity index (χ2v) is 4.49. The standard InChI is InChI=1S/C11H16N4O3/c1-11(2,10(12)15-18)6-14-9(17)7-3-4-8(16)13-5-7/h3-5,18H,6H2,1-2H3,(H2,12,15)(H,13,16)(H,14,17). The van der Waals surface area contributed by atoms with Crippen LogP contribution in [0.25, 0.3) is 0 Å². The Kier molecular flexibility index (Phi) is 4.09. The van der Waals surface area contributed by atoms with Gasteiger partial charge in [0.05, 0.1) is 5.56 Å². The summed E-state index contributed by atoms with van der Waals surface area (Å²) in [4.78, 5) is 25.0. The van der Waals surface area contributed by atoms with Crippen molar-refractivity contribution in [3.8, 4) is 0 Å². The predicted molar refractivity (Wildman–Crippen MR) is 66.6 cm³/mol. The molecule has 5 N–H and O–H groups in total. The fourth-order valence-corrected chi connectivity index (χ4v) is 1.18. The smallest absolute Gasteiger partial charge is 0.252 e. The molecule has 0 bridgehead atoms. The van der Waals surface area contributed by atoms with Gasteiger partial charge < -0.3 is 21.2 Å². The normalized spacial score (nSPS) is 12.2. The van der Waals surface area contributed by atoms with Gasteiger partial charge in [-0.3, -0.25) is 9.59 Å². The Hall–Kier alpha value is -2.31. The Balaban J connectivity index is 2.67. The van der Waals surface area contributed by atoms with Gasteiger partial charge in [-0.05, 0) is 6.07 Å². The zero-order valence-corrected chi connectivity index (χ0v) is 10.2. The van der Waals surface area contributed by atoms with E-state index in [1.54, 1.807) is 13.8 Å². The monoisotopic (exact) mass is 252 g/mol. The van der Waals surface area contributed by atoms with E-state index in [1.165, 1.54) is 18.3 Å². The molecule has 0 unspecified atom stereocenters. The van der Waals surface area contributed by atoms with Crippen molar-refractivity contribution in [3.63, 3.8) is 0 Å². The van der Waals surface area contributed by atoms with Gasteiger partial charge in [-0.2, -0.15) is 0 Å². The van der Waals surface area contributed by atoms with Crippen LogP contribution in [-0.2, 0) is 0 Å². The number of oxime groups is 1. The van der Waals surface area contributed by atoms with E-state index in [1.807, 2.05) is 0 Å². The van der Waals surface area contributed by atoms with Crippen LogP contribution in [0, 0.1) is 5.41 Å². The number of pyridine rings is 1. The second-order valence-electron chi connectivity index (χ2n) is 4.49. The van der Waals surface area contributed by atoms with Crippen molar-refractivity contribution in [1.29, 1.82) is 0 Å². The fraction of sp³-hybridized carbons (Fsp3) is 0.364. The van der Waals surface area contributed by atoms with Crippen molar-refractivity contribution in [2.75, 3.05) is 6.54 Å². The number of nitrogens with zero attached hydrogens (tertiary/aromatic N) is 1. The molecule has 1 aromatic heterocycles. The molecule has 1 heterocycles. The van der Waals surface area contributed by atoms with E-state index in [2.05, 4.69) is 15.5 Å². The summed E-state index contributed by atoms with van der Waals surface area (Å²) in [6.45, 7) is 3.67. The molecule has 7 nitrogen and oxygen atoms in total. The first-order valence-electron chi connectivity index (χ1n) is 5.32. The summed E-state index contributed by atoms with van der Waals surface area (Å²) >= 11 is 0. The molecular weight excluding hydrogens is 236 g/mol. The highest BCUT2D eigenvalue weighted by Gasteiger charge is 2.24. The highest BCUT2D eigenvalue weighted by atomic mass is 16.4. The molecule has 7 heteroatoms. The molecule has 18 heavy (non-hydrogen) atoms. The quantitative estimate of drug-likeness (QED) is 0.258. The Morgan fingerprint density at radius 1 is 1.56 bits per heavy atom. The number of hydrogen-bond donors (Lipinski definition) is 4. The molecule has 0 aromatic carbocycles.